The normalized spacial score (nSPS) is 11.0. The van der Waals surface area contributed by atoms with Crippen molar-refractivity contribution in [2.24, 2.45) is 0 Å². The molecule has 0 aliphatic carbocycles. The number of hydrogen-bond donors (Lipinski definition) is 0. The lowest BCUT2D eigenvalue weighted by Gasteiger charge is -2.10. The molecule has 67 valence electrons. The van der Waals surface area contributed by atoms with E-state index in [1.54, 1.807) is 0 Å². The van der Waals surface area contributed by atoms with Crippen LogP contribution in [0.2, 0.25) is 0 Å². The van der Waals surface area contributed by atoms with Gasteiger partial charge < -0.3 is 0 Å². The minimum atomic E-state index is -4.51. The number of nitrogens with zero attached hydrogens (tertiary/aromatic N) is 1. The summed E-state index contributed by atoms with van der Waals surface area (Å²) in [6.07, 6.45) is -4.51. The SMILES string of the molecule is [CH2]c1cccc(C#N)c1C(F)(F)F. The molecule has 0 aromatic heterocycles. The van der Waals surface area contributed by atoms with Crippen molar-refractivity contribution in [3.05, 3.63) is 41.8 Å². The molecule has 0 heterocycles. The average Bonchev–Trinajstić information content (AvgIpc) is 2.01. The van der Waals surface area contributed by atoms with E-state index in [1.807, 2.05) is 0 Å². The van der Waals surface area contributed by atoms with Crippen LogP contribution in [-0.4, -0.2) is 0 Å². The Labute approximate surface area is 73.4 Å². The Balaban J connectivity index is 3.43. The number of nitriles is 1. The lowest BCUT2D eigenvalue weighted by molar-refractivity contribution is -0.138. The van der Waals surface area contributed by atoms with Crippen molar-refractivity contribution in [2.45, 2.75) is 6.18 Å². The summed E-state index contributed by atoms with van der Waals surface area (Å²) < 4.78 is 36.9. The first kappa shape index (κ1) is 9.59. The predicted octanol–water partition coefficient (Wildman–Crippen LogP) is 2.76. The minimum absolute atomic E-state index is 0.174. The third-order valence-corrected chi connectivity index (χ3v) is 1.55. The van der Waals surface area contributed by atoms with E-state index in [4.69, 9.17) is 5.26 Å². The number of rotatable bonds is 0. The molecule has 0 aliphatic rings. The largest absolute Gasteiger partial charge is 0.417 e. The van der Waals surface area contributed by atoms with Gasteiger partial charge in [-0.3, -0.25) is 0 Å². The van der Waals surface area contributed by atoms with Crippen LogP contribution in [0.25, 0.3) is 0 Å². The molecule has 0 aliphatic heterocycles. The molecular weight excluding hydrogens is 179 g/mol. The van der Waals surface area contributed by atoms with Crippen LogP contribution in [0.5, 0.6) is 0 Å². The highest BCUT2D eigenvalue weighted by Gasteiger charge is 2.34. The molecule has 13 heavy (non-hydrogen) atoms. The van der Waals surface area contributed by atoms with Gasteiger partial charge in [0.15, 0.2) is 0 Å². The smallest absolute Gasteiger partial charge is 0.192 e. The minimum Gasteiger partial charge on any atom is -0.192 e. The monoisotopic (exact) mass is 184 g/mol. The van der Waals surface area contributed by atoms with E-state index in [2.05, 4.69) is 6.92 Å². The second-order valence-corrected chi connectivity index (χ2v) is 2.45. The summed E-state index contributed by atoms with van der Waals surface area (Å²) in [6, 6.07) is 5.20. The van der Waals surface area contributed by atoms with E-state index in [-0.39, 0.29) is 11.1 Å². The van der Waals surface area contributed by atoms with Crippen LogP contribution in [0.1, 0.15) is 16.7 Å². The molecule has 0 N–H and O–H groups in total. The molecule has 1 aromatic rings. The molecule has 0 amide bonds. The quantitative estimate of drug-likeness (QED) is 0.608. The maximum atomic E-state index is 12.3. The van der Waals surface area contributed by atoms with Crippen molar-refractivity contribution >= 4 is 0 Å². The van der Waals surface area contributed by atoms with Gasteiger partial charge in [-0.1, -0.05) is 12.1 Å². The Morgan fingerprint density at radius 2 is 1.92 bits per heavy atom. The molecule has 0 atom stereocenters. The maximum Gasteiger partial charge on any atom is 0.417 e. The lowest BCUT2D eigenvalue weighted by Crippen LogP contribution is -2.09. The summed E-state index contributed by atoms with van der Waals surface area (Å²) in [5, 5.41) is 8.43. The molecule has 1 rings (SSSR count). The van der Waals surface area contributed by atoms with Gasteiger partial charge in [0.25, 0.3) is 0 Å². The van der Waals surface area contributed by atoms with Gasteiger partial charge in [0.1, 0.15) is 0 Å². The van der Waals surface area contributed by atoms with Crippen LogP contribution in [0, 0.1) is 18.3 Å². The number of benzene rings is 1. The molecule has 0 spiro atoms. The summed E-state index contributed by atoms with van der Waals surface area (Å²) in [5.74, 6) is 0. The molecule has 0 saturated carbocycles. The average molecular weight is 184 g/mol. The van der Waals surface area contributed by atoms with Gasteiger partial charge in [-0.05, 0) is 18.6 Å². The fourth-order valence-electron chi connectivity index (χ4n) is 1.03. The van der Waals surface area contributed by atoms with E-state index >= 15 is 0 Å². The van der Waals surface area contributed by atoms with Crippen LogP contribution in [0.4, 0.5) is 13.2 Å². The third kappa shape index (κ3) is 1.81. The van der Waals surface area contributed by atoms with Crippen molar-refractivity contribution in [2.75, 3.05) is 0 Å². The van der Waals surface area contributed by atoms with Crippen molar-refractivity contribution in [1.82, 2.24) is 0 Å². The van der Waals surface area contributed by atoms with Gasteiger partial charge in [0.05, 0.1) is 17.2 Å². The molecule has 1 radical (unpaired) electrons. The lowest BCUT2D eigenvalue weighted by atomic mass is 10.0. The number of halogens is 3. The third-order valence-electron chi connectivity index (χ3n) is 1.55. The molecule has 1 nitrogen and oxygen atoms in total. The Bertz CT molecular complexity index is 360. The summed E-state index contributed by atoms with van der Waals surface area (Å²) in [6.45, 7) is 3.22. The highest BCUT2D eigenvalue weighted by Crippen LogP contribution is 2.33. The van der Waals surface area contributed by atoms with Gasteiger partial charge in [0, 0.05) is 0 Å². The van der Waals surface area contributed by atoms with Crippen molar-refractivity contribution in [1.29, 1.82) is 5.26 Å². The van der Waals surface area contributed by atoms with Crippen molar-refractivity contribution < 1.29 is 13.2 Å². The van der Waals surface area contributed by atoms with Gasteiger partial charge in [-0.25, -0.2) is 0 Å². The van der Waals surface area contributed by atoms with Crippen LogP contribution in [0.3, 0.4) is 0 Å². The van der Waals surface area contributed by atoms with Gasteiger partial charge >= 0.3 is 6.18 Å². The Hall–Kier alpha value is -1.50. The fourth-order valence-corrected chi connectivity index (χ4v) is 1.03. The summed E-state index contributed by atoms with van der Waals surface area (Å²) in [4.78, 5) is 0. The number of hydrogen-bond acceptors (Lipinski definition) is 1. The van der Waals surface area contributed by atoms with E-state index in [0.717, 1.165) is 6.07 Å². The first-order valence-electron chi connectivity index (χ1n) is 3.39. The summed E-state index contributed by atoms with van der Waals surface area (Å²) >= 11 is 0. The molecule has 4 heteroatoms. The second kappa shape index (κ2) is 3.09. The molecule has 0 fully saturated rings. The molecule has 1 aromatic carbocycles. The zero-order chi connectivity index (χ0) is 10.1. The van der Waals surface area contributed by atoms with Gasteiger partial charge in [0.2, 0.25) is 0 Å². The maximum absolute atomic E-state index is 12.3. The zero-order valence-corrected chi connectivity index (χ0v) is 6.52. The Morgan fingerprint density at radius 3 is 2.31 bits per heavy atom. The molecule has 0 unspecified atom stereocenters. The highest BCUT2D eigenvalue weighted by atomic mass is 19.4. The molecular formula is C9H5F3N. The van der Waals surface area contributed by atoms with Crippen LogP contribution in [-0.2, 0) is 6.18 Å². The second-order valence-electron chi connectivity index (χ2n) is 2.45. The van der Waals surface area contributed by atoms with Crippen molar-refractivity contribution in [3.8, 4) is 6.07 Å². The predicted molar refractivity (Wildman–Crippen MR) is 40.6 cm³/mol. The van der Waals surface area contributed by atoms with E-state index < -0.39 is 11.7 Å². The highest BCUT2D eigenvalue weighted by molar-refractivity contribution is 5.45. The number of alkyl halides is 3. The summed E-state index contributed by atoms with van der Waals surface area (Å²) in [5.41, 5.74) is -1.51. The topological polar surface area (TPSA) is 23.8 Å². The van der Waals surface area contributed by atoms with Gasteiger partial charge in [-0.2, -0.15) is 18.4 Å². The standard InChI is InChI=1S/C9H5F3N/c1-6-3-2-4-7(5-13)8(6)9(10,11)12/h2-4H,1H2. The summed E-state index contributed by atoms with van der Waals surface area (Å²) in [7, 11) is 0. The zero-order valence-electron chi connectivity index (χ0n) is 6.52. The molecule has 0 bridgehead atoms. The first-order valence-corrected chi connectivity index (χ1v) is 3.39. The van der Waals surface area contributed by atoms with E-state index in [9.17, 15) is 13.2 Å². The Kier molecular flexibility index (Phi) is 2.28. The fraction of sp³-hybridized carbons (Fsp3) is 0.111. The van der Waals surface area contributed by atoms with Crippen LogP contribution in [0.15, 0.2) is 18.2 Å². The van der Waals surface area contributed by atoms with Gasteiger partial charge in [-0.15, -0.1) is 0 Å². The van der Waals surface area contributed by atoms with Crippen LogP contribution < -0.4 is 0 Å². The van der Waals surface area contributed by atoms with E-state index in [0.29, 0.717) is 0 Å². The van der Waals surface area contributed by atoms with Crippen molar-refractivity contribution in [3.63, 3.8) is 0 Å². The van der Waals surface area contributed by atoms with E-state index in [1.165, 1.54) is 18.2 Å². The molecule has 0 saturated heterocycles. The first-order chi connectivity index (χ1) is 5.96. The Morgan fingerprint density at radius 1 is 1.31 bits per heavy atom. The van der Waals surface area contributed by atoms with Crippen LogP contribution >= 0.6 is 0 Å².